The fourth-order valence-corrected chi connectivity index (χ4v) is 1.51. The molecule has 0 aliphatic heterocycles. The average Bonchev–Trinajstić information content (AvgIpc) is 2.51. The standard InChI is InChI=1S/C11H13NS/c1-10(8-12(2)3)4-5-11-6-7-13-9-11/h6-7,9H,1,8H2,2-3H3. The molecule has 0 fully saturated rings. The molecule has 1 rings (SSSR count). The summed E-state index contributed by atoms with van der Waals surface area (Å²) >= 11 is 1.66. The first-order chi connectivity index (χ1) is 6.18. The van der Waals surface area contributed by atoms with E-state index in [2.05, 4.69) is 23.3 Å². The van der Waals surface area contributed by atoms with Crippen molar-refractivity contribution in [2.45, 2.75) is 0 Å². The van der Waals surface area contributed by atoms with Crippen LogP contribution in [0.25, 0.3) is 0 Å². The van der Waals surface area contributed by atoms with Crippen molar-refractivity contribution in [3.8, 4) is 11.8 Å². The van der Waals surface area contributed by atoms with E-state index in [1.807, 2.05) is 30.9 Å². The second-order valence-electron chi connectivity index (χ2n) is 3.10. The quantitative estimate of drug-likeness (QED) is 0.648. The maximum atomic E-state index is 3.88. The largest absolute Gasteiger partial charge is 0.305 e. The van der Waals surface area contributed by atoms with Gasteiger partial charge in [-0.15, -0.1) is 0 Å². The molecule has 0 bridgehead atoms. The van der Waals surface area contributed by atoms with Crippen LogP contribution in [-0.4, -0.2) is 25.5 Å². The Labute approximate surface area is 83.7 Å². The van der Waals surface area contributed by atoms with Crippen molar-refractivity contribution in [2.24, 2.45) is 0 Å². The fraction of sp³-hybridized carbons (Fsp3) is 0.273. The predicted octanol–water partition coefficient (Wildman–Crippen LogP) is 2.22. The van der Waals surface area contributed by atoms with Crippen LogP contribution in [0.3, 0.4) is 0 Å². The third-order valence-electron chi connectivity index (χ3n) is 1.41. The number of likely N-dealkylation sites (N-methyl/N-ethyl adjacent to an activating group) is 1. The number of rotatable bonds is 2. The lowest BCUT2D eigenvalue weighted by atomic mass is 10.2. The molecule has 0 aliphatic carbocycles. The highest BCUT2D eigenvalue weighted by Crippen LogP contribution is 2.03. The molecule has 0 atom stereocenters. The zero-order valence-electron chi connectivity index (χ0n) is 8.00. The van der Waals surface area contributed by atoms with E-state index < -0.39 is 0 Å². The van der Waals surface area contributed by atoms with Gasteiger partial charge >= 0.3 is 0 Å². The van der Waals surface area contributed by atoms with Crippen molar-refractivity contribution in [3.05, 3.63) is 34.5 Å². The summed E-state index contributed by atoms with van der Waals surface area (Å²) in [6, 6.07) is 2.01. The third kappa shape index (κ3) is 3.93. The van der Waals surface area contributed by atoms with Crippen LogP contribution in [0.15, 0.2) is 29.0 Å². The highest BCUT2D eigenvalue weighted by Gasteiger charge is 1.91. The van der Waals surface area contributed by atoms with E-state index in [0.29, 0.717) is 0 Å². The summed E-state index contributed by atoms with van der Waals surface area (Å²) < 4.78 is 0. The SMILES string of the molecule is C=C(C#Cc1ccsc1)CN(C)C. The van der Waals surface area contributed by atoms with Gasteiger partial charge < -0.3 is 4.90 Å². The smallest absolute Gasteiger partial charge is 0.0355 e. The van der Waals surface area contributed by atoms with E-state index in [4.69, 9.17) is 0 Å². The van der Waals surface area contributed by atoms with E-state index in [-0.39, 0.29) is 0 Å². The van der Waals surface area contributed by atoms with Gasteiger partial charge in [-0.05, 0) is 25.5 Å². The van der Waals surface area contributed by atoms with E-state index >= 15 is 0 Å². The molecule has 0 aromatic carbocycles. The van der Waals surface area contributed by atoms with Gasteiger partial charge in [0.1, 0.15) is 0 Å². The number of thiophene rings is 1. The topological polar surface area (TPSA) is 3.24 Å². The second kappa shape index (κ2) is 4.86. The zero-order chi connectivity index (χ0) is 9.68. The first-order valence-corrected chi connectivity index (χ1v) is 4.99. The molecule has 0 saturated carbocycles. The van der Waals surface area contributed by atoms with Crippen LogP contribution in [0.4, 0.5) is 0 Å². The highest BCUT2D eigenvalue weighted by molar-refractivity contribution is 7.08. The van der Waals surface area contributed by atoms with E-state index in [1.54, 1.807) is 11.3 Å². The Morgan fingerprint density at radius 1 is 1.62 bits per heavy atom. The van der Waals surface area contributed by atoms with Gasteiger partial charge in [-0.25, -0.2) is 0 Å². The van der Waals surface area contributed by atoms with Gasteiger partial charge in [-0.3, -0.25) is 0 Å². The highest BCUT2D eigenvalue weighted by atomic mass is 32.1. The van der Waals surface area contributed by atoms with Gasteiger partial charge in [0.25, 0.3) is 0 Å². The Morgan fingerprint density at radius 2 is 2.38 bits per heavy atom. The Hall–Kier alpha value is -1.04. The van der Waals surface area contributed by atoms with Crippen LogP contribution in [-0.2, 0) is 0 Å². The van der Waals surface area contributed by atoms with Crippen LogP contribution in [0.5, 0.6) is 0 Å². The maximum absolute atomic E-state index is 3.88. The van der Waals surface area contributed by atoms with E-state index in [1.165, 1.54) is 0 Å². The van der Waals surface area contributed by atoms with Crippen molar-refractivity contribution in [3.63, 3.8) is 0 Å². The van der Waals surface area contributed by atoms with Gasteiger partial charge in [-0.1, -0.05) is 18.4 Å². The van der Waals surface area contributed by atoms with Crippen LogP contribution >= 0.6 is 11.3 Å². The van der Waals surface area contributed by atoms with Crippen molar-refractivity contribution >= 4 is 11.3 Å². The molecule has 0 N–H and O–H groups in total. The van der Waals surface area contributed by atoms with Crippen LogP contribution in [0, 0.1) is 11.8 Å². The summed E-state index contributed by atoms with van der Waals surface area (Å²) in [7, 11) is 4.02. The van der Waals surface area contributed by atoms with Crippen molar-refractivity contribution in [1.29, 1.82) is 0 Å². The molecular weight excluding hydrogens is 178 g/mol. The summed E-state index contributed by atoms with van der Waals surface area (Å²) in [6.45, 7) is 4.71. The molecule has 0 radical (unpaired) electrons. The number of nitrogens with zero attached hydrogens (tertiary/aromatic N) is 1. The van der Waals surface area contributed by atoms with Crippen molar-refractivity contribution in [2.75, 3.05) is 20.6 Å². The molecule has 68 valence electrons. The number of hydrogen-bond donors (Lipinski definition) is 0. The summed E-state index contributed by atoms with van der Waals surface area (Å²) in [5.41, 5.74) is 2.03. The van der Waals surface area contributed by atoms with Crippen LogP contribution < -0.4 is 0 Å². The molecule has 0 aliphatic rings. The van der Waals surface area contributed by atoms with Gasteiger partial charge in [0.15, 0.2) is 0 Å². The fourth-order valence-electron chi connectivity index (χ4n) is 0.917. The molecule has 1 aromatic rings. The lowest BCUT2D eigenvalue weighted by Crippen LogP contribution is -2.13. The minimum absolute atomic E-state index is 0.830. The Kier molecular flexibility index (Phi) is 3.75. The van der Waals surface area contributed by atoms with Gasteiger partial charge in [0.2, 0.25) is 0 Å². The average molecular weight is 191 g/mol. The molecule has 0 unspecified atom stereocenters. The monoisotopic (exact) mass is 191 g/mol. The first kappa shape index (κ1) is 10.0. The molecule has 0 spiro atoms. The predicted molar refractivity (Wildman–Crippen MR) is 58.9 cm³/mol. The maximum Gasteiger partial charge on any atom is 0.0355 e. The van der Waals surface area contributed by atoms with Gasteiger partial charge in [0.05, 0.1) is 0 Å². The third-order valence-corrected chi connectivity index (χ3v) is 2.10. The van der Waals surface area contributed by atoms with Crippen molar-refractivity contribution < 1.29 is 0 Å². The molecular formula is C11H13NS. The Bertz CT molecular complexity index is 325. The minimum atomic E-state index is 0.830. The molecule has 1 heterocycles. The lowest BCUT2D eigenvalue weighted by Gasteiger charge is -2.06. The second-order valence-corrected chi connectivity index (χ2v) is 3.88. The first-order valence-electron chi connectivity index (χ1n) is 4.05. The summed E-state index contributed by atoms with van der Waals surface area (Å²) in [6.07, 6.45) is 0. The summed E-state index contributed by atoms with van der Waals surface area (Å²) in [5.74, 6) is 6.10. The van der Waals surface area contributed by atoms with Crippen LogP contribution in [0.1, 0.15) is 5.56 Å². The summed E-state index contributed by atoms with van der Waals surface area (Å²) in [5, 5.41) is 4.06. The molecule has 1 aromatic heterocycles. The Balaban J connectivity index is 2.53. The van der Waals surface area contributed by atoms with Crippen molar-refractivity contribution in [1.82, 2.24) is 4.90 Å². The summed E-state index contributed by atoms with van der Waals surface area (Å²) in [4.78, 5) is 2.06. The number of hydrogen-bond acceptors (Lipinski definition) is 2. The Morgan fingerprint density at radius 3 is 2.92 bits per heavy atom. The molecule has 1 nitrogen and oxygen atoms in total. The van der Waals surface area contributed by atoms with Gasteiger partial charge in [-0.2, -0.15) is 11.3 Å². The van der Waals surface area contributed by atoms with Crippen LogP contribution in [0.2, 0.25) is 0 Å². The molecule has 13 heavy (non-hydrogen) atoms. The van der Waals surface area contributed by atoms with E-state index in [9.17, 15) is 0 Å². The lowest BCUT2D eigenvalue weighted by molar-refractivity contribution is 0.450. The molecule has 0 amide bonds. The van der Waals surface area contributed by atoms with Gasteiger partial charge in [0, 0.05) is 23.1 Å². The normalized spacial score (nSPS) is 9.46. The molecule has 2 heteroatoms. The molecule has 0 saturated heterocycles. The minimum Gasteiger partial charge on any atom is -0.305 e. The zero-order valence-corrected chi connectivity index (χ0v) is 8.82. The van der Waals surface area contributed by atoms with E-state index in [0.717, 1.165) is 17.7 Å².